The SMILES string of the molecule is CC(C)(C)OC(=O)N1CCC(c2cc(=O)[nH]c3c(C4=NC(C)(C5CC5)ON4)cnn23)CC1. The summed E-state index contributed by atoms with van der Waals surface area (Å²) in [5.41, 5.74) is 3.79. The summed E-state index contributed by atoms with van der Waals surface area (Å²) >= 11 is 0. The maximum absolute atomic E-state index is 12.5. The Labute approximate surface area is 185 Å². The zero-order valence-electron chi connectivity index (χ0n) is 19.0. The van der Waals surface area contributed by atoms with E-state index < -0.39 is 11.3 Å². The molecule has 2 aromatic heterocycles. The molecule has 172 valence electrons. The molecule has 1 saturated heterocycles. The van der Waals surface area contributed by atoms with Crippen molar-refractivity contribution in [1.29, 1.82) is 0 Å². The number of aliphatic imine (C=N–C) groups is 1. The van der Waals surface area contributed by atoms with Gasteiger partial charge in [-0.15, -0.1) is 0 Å². The van der Waals surface area contributed by atoms with E-state index in [9.17, 15) is 9.59 Å². The molecule has 10 nitrogen and oxygen atoms in total. The van der Waals surface area contributed by atoms with E-state index in [1.54, 1.807) is 21.7 Å². The first kappa shape index (κ1) is 21.0. The number of rotatable bonds is 3. The van der Waals surface area contributed by atoms with Crippen LogP contribution < -0.4 is 11.0 Å². The van der Waals surface area contributed by atoms with Crippen LogP contribution >= 0.6 is 0 Å². The number of hydroxylamine groups is 1. The monoisotopic (exact) mass is 442 g/mol. The lowest BCUT2D eigenvalue weighted by molar-refractivity contribution is -0.0560. The summed E-state index contributed by atoms with van der Waals surface area (Å²) in [5, 5.41) is 4.56. The molecule has 0 radical (unpaired) electrons. The van der Waals surface area contributed by atoms with Crippen molar-refractivity contribution in [2.75, 3.05) is 13.1 Å². The highest BCUT2D eigenvalue weighted by Crippen LogP contribution is 2.44. The number of ether oxygens (including phenoxy) is 1. The number of amides is 1. The topological polar surface area (TPSA) is 113 Å². The minimum Gasteiger partial charge on any atom is -0.444 e. The van der Waals surface area contributed by atoms with E-state index >= 15 is 0 Å². The fourth-order valence-corrected chi connectivity index (χ4v) is 4.49. The number of fused-ring (bicyclic) bond motifs is 1. The second-order valence-electron chi connectivity index (χ2n) is 10.1. The summed E-state index contributed by atoms with van der Waals surface area (Å²) in [4.78, 5) is 40.0. The van der Waals surface area contributed by atoms with E-state index in [4.69, 9.17) is 14.6 Å². The Bertz CT molecular complexity index is 1130. The number of hydrogen-bond acceptors (Lipinski definition) is 7. The van der Waals surface area contributed by atoms with Crippen molar-refractivity contribution in [3.05, 3.63) is 33.9 Å². The van der Waals surface area contributed by atoms with Crippen LogP contribution in [0.5, 0.6) is 0 Å². The lowest BCUT2D eigenvalue weighted by Crippen LogP contribution is -2.41. The van der Waals surface area contributed by atoms with Crippen LogP contribution in [0, 0.1) is 5.92 Å². The minimum atomic E-state index is -0.573. The Morgan fingerprint density at radius 3 is 2.62 bits per heavy atom. The Morgan fingerprint density at radius 1 is 1.25 bits per heavy atom. The average Bonchev–Trinajstić information content (AvgIpc) is 3.40. The van der Waals surface area contributed by atoms with Gasteiger partial charge in [0, 0.05) is 31.0 Å². The second kappa shape index (κ2) is 7.33. The average molecular weight is 443 g/mol. The molecule has 1 unspecified atom stereocenters. The molecule has 2 fully saturated rings. The molecule has 1 amide bonds. The fraction of sp³-hybridized carbons (Fsp3) is 0.636. The molecule has 10 heteroatoms. The first-order valence-electron chi connectivity index (χ1n) is 11.3. The molecule has 2 aliphatic heterocycles. The molecule has 0 bridgehead atoms. The van der Waals surface area contributed by atoms with Crippen molar-refractivity contribution in [3.8, 4) is 0 Å². The van der Waals surface area contributed by atoms with E-state index in [0.29, 0.717) is 36.1 Å². The Morgan fingerprint density at radius 2 is 1.97 bits per heavy atom. The molecular formula is C22H30N6O4. The molecule has 1 atom stereocenters. The number of hydrogen-bond donors (Lipinski definition) is 2. The number of amidine groups is 1. The molecule has 1 saturated carbocycles. The van der Waals surface area contributed by atoms with Crippen LogP contribution in [0.2, 0.25) is 0 Å². The van der Waals surface area contributed by atoms with Crippen molar-refractivity contribution in [1.82, 2.24) is 25.0 Å². The number of likely N-dealkylation sites (tertiary alicyclic amines) is 1. The molecule has 3 aliphatic rings. The highest BCUT2D eigenvalue weighted by molar-refractivity contribution is 6.03. The molecule has 2 aromatic rings. The summed E-state index contributed by atoms with van der Waals surface area (Å²) in [6.07, 6.45) is 5.08. The van der Waals surface area contributed by atoms with E-state index in [-0.39, 0.29) is 17.6 Å². The standard InChI is InChI=1S/C22H30N6O4/c1-21(2,3)31-20(30)27-9-7-13(8-10-27)16-11-17(29)24-19-15(12-23-28(16)19)18-25-22(4,32-26-18)14-5-6-14/h11-14H,5-10H2,1-4H3,(H,24,29)(H,25,26). The van der Waals surface area contributed by atoms with Gasteiger partial charge in [-0.1, -0.05) is 0 Å². The first-order valence-corrected chi connectivity index (χ1v) is 11.3. The summed E-state index contributed by atoms with van der Waals surface area (Å²) in [6.45, 7) is 8.71. The van der Waals surface area contributed by atoms with Gasteiger partial charge < -0.3 is 14.6 Å². The highest BCUT2D eigenvalue weighted by Gasteiger charge is 2.47. The third-order valence-electron chi connectivity index (χ3n) is 6.38. The van der Waals surface area contributed by atoms with Gasteiger partial charge in [0.1, 0.15) is 11.2 Å². The molecule has 0 aromatic carbocycles. The lowest BCUT2D eigenvalue weighted by Gasteiger charge is -2.33. The number of aromatic nitrogens is 3. The number of aromatic amines is 1. The van der Waals surface area contributed by atoms with Gasteiger partial charge in [-0.2, -0.15) is 5.10 Å². The van der Waals surface area contributed by atoms with Crippen LogP contribution in [0.4, 0.5) is 4.79 Å². The van der Waals surface area contributed by atoms with Crippen LogP contribution in [0.25, 0.3) is 5.65 Å². The smallest absolute Gasteiger partial charge is 0.410 e. The van der Waals surface area contributed by atoms with Crippen molar-refractivity contribution in [2.45, 2.75) is 70.6 Å². The minimum absolute atomic E-state index is 0.109. The van der Waals surface area contributed by atoms with Gasteiger partial charge >= 0.3 is 6.09 Å². The molecule has 5 rings (SSSR count). The highest BCUT2D eigenvalue weighted by atomic mass is 16.7. The predicted octanol–water partition coefficient (Wildman–Crippen LogP) is 2.54. The van der Waals surface area contributed by atoms with Gasteiger partial charge in [0.15, 0.2) is 11.6 Å². The van der Waals surface area contributed by atoms with Crippen LogP contribution in [-0.2, 0) is 9.57 Å². The zero-order valence-corrected chi connectivity index (χ0v) is 19.0. The summed E-state index contributed by atoms with van der Waals surface area (Å²) < 4.78 is 7.27. The first-order chi connectivity index (χ1) is 15.1. The number of nitrogens with zero attached hydrogens (tertiary/aromatic N) is 4. The Kier molecular flexibility index (Phi) is 4.81. The van der Waals surface area contributed by atoms with E-state index in [0.717, 1.165) is 31.4 Å². The molecule has 1 aliphatic carbocycles. The third-order valence-corrected chi connectivity index (χ3v) is 6.38. The van der Waals surface area contributed by atoms with Gasteiger partial charge in [0.05, 0.1) is 17.5 Å². The van der Waals surface area contributed by atoms with E-state index in [2.05, 4.69) is 15.6 Å². The van der Waals surface area contributed by atoms with Gasteiger partial charge in [-0.05, 0) is 53.4 Å². The number of H-pyrrole nitrogens is 1. The van der Waals surface area contributed by atoms with Gasteiger partial charge in [0.2, 0.25) is 0 Å². The van der Waals surface area contributed by atoms with Crippen LogP contribution in [0.3, 0.4) is 0 Å². The van der Waals surface area contributed by atoms with Crippen LogP contribution in [0.1, 0.15) is 70.6 Å². The van der Waals surface area contributed by atoms with Crippen molar-refractivity contribution >= 4 is 17.6 Å². The quantitative estimate of drug-likeness (QED) is 0.755. The van der Waals surface area contributed by atoms with Gasteiger partial charge in [-0.25, -0.2) is 24.6 Å². The number of nitrogens with one attached hydrogen (secondary N) is 2. The number of carbonyl (C=O) groups excluding carboxylic acids is 1. The van der Waals surface area contributed by atoms with Crippen molar-refractivity contribution < 1.29 is 14.4 Å². The van der Waals surface area contributed by atoms with Crippen LogP contribution in [0.15, 0.2) is 22.1 Å². The maximum atomic E-state index is 12.5. The third kappa shape index (κ3) is 3.87. The Balaban J connectivity index is 1.38. The number of piperidine rings is 1. The summed E-state index contributed by atoms with van der Waals surface area (Å²) in [6, 6.07) is 1.60. The van der Waals surface area contributed by atoms with Gasteiger partial charge in [-0.3, -0.25) is 4.79 Å². The predicted molar refractivity (Wildman–Crippen MR) is 117 cm³/mol. The van der Waals surface area contributed by atoms with Crippen molar-refractivity contribution in [2.24, 2.45) is 10.9 Å². The zero-order chi connectivity index (χ0) is 22.7. The summed E-state index contributed by atoms with van der Waals surface area (Å²) in [5.74, 6) is 1.11. The normalized spacial score (nSPS) is 24.5. The van der Waals surface area contributed by atoms with Gasteiger partial charge in [0.25, 0.3) is 5.56 Å². The molecule has 32 heavy (non-hydrogen) atoms. The van der Waals surface area contributed by atoms with E-state index in [1.165, 1.54) is 0 Å². The van der Waals surface area contributed by atoms with Crippen LogP contribution in [-0.4, -0.2) is 55.8 Å². The molecule has 4 heterocycles. The maximum Gasteiger partial charge on any atom is 0.410 e. The number of carbonyl (C=O) groups is 1. The molecular weight excluding hydrogens is 412 g/mol. The molecule has 0 spiro atoms. The second-order valence-corrected chi connectivity index (χ2v) is 10.1. The van der Waals surface area contributed by atoms with E-state index in [1.807, 2.05) is 27.7 Å². The summed E-state index contributed by atoms with van der Waals surface area (Å²) in [7, 11) is 0. The largest absolute Gasteiger partial charge is 0.444 e. The molecule has 2 N–H and O–H groups in total. The fourth-order valence-electron chi connectivity index (χ4n) is 4.49. The Hall–Kier alpha value is -2.88. The lowest BCUT2D eigenvalue weighted by atomic mass is 9.93. The van der Waals surface area contributed by atoms with Crippen molar-refractivity contribution in [3.63, 3.8) is 0 Å².